The van der Waals surface area contributed by atoms with E-state index in [9.17, 15) is 51.5 Å². The molecule has 14 rings (SSSR count). The van der Waals surface area contributed by atoms with Gasteiger partial charge in [0.05, 0.1) is 30.4 Å². The number of para-hydroxylation sites is 4. The first-order chi connectivity index (χ1) is 57.9. The second-order valence-electron chi connectivity index (χ2n) is 27.0. The van der Waals surface area contributed by atoms with Crippen LogP contribution in [0.15, 0.2) is 254 Å². The Balaban J connectivity index is 0.000000276. The first-order valence-corrected chi connectivity index (χ1v) is 46.6. The van der Waals surface area contributed by atoms with Crippen molar-refractivity contribution in [1.82, 2.24) is 0 Å². The number of rotatable bonds is 18. The van der Waals surface area contributed by atoms with Crippen molar-refractivity contribution in [3.63, 3.8) is 0 Å². The maximum absolute atomic E-state index is 12.5. The summed E-state index contributed by atoms with van der Waals surface area (Å²) in [6.45, 7) is 28.5. The summed E-state index contributed by atoms with van der Waals surface area (Å²) < 4.78 is 186. The largest absolute Gasteiger partial charge is 1.00 e. The molecule has 32 heteroatoms. The topological polar surface area (TPSA) is 380 Å². The quantitative estimate of drug-likeness (QED) is 0.0130. The molecule has 1 atom stereocenters. The van der Waals surface area contributed by atoms with Crippen LogP contribution in [0.2, 0.25) is 0 Å². The number of aryl methyl sites for hydroxylation is 8. The molecule has 8 N–H and O–H groups in total. The molecule has 124 heavy (non-hydrogen) atoms. The zero-order chi connectivity index (χ0) is 89.7. The number of fused-ring (bicyclic) bond motifs is 4. The molecular formula is C92H96N6Na2O18S6+2. The van der Waals surface area contributed by atoms with Gasteiger partial charge in [-0.05, 0) is 150 Å². The van der Waals surface area contributed by atoms with Crippen molar-refractivity contribution in [2.75, 3.05) is 33.4 Å². The van der Waals surface area contributed by atoms with E-state index in [1.165, 1.54) is 55.7 Å². The zero-order valence-corrected chi connectivity index (χ0v) is 80.9. The van der Waals surface area contributed by atoms with E-state index in [0.29, 0.717) is 56.2 Å². The van der Waals surface area contributed by atoms with E-state index in [0.717, 1.165) is 124 Å². The van der Waals surface area contributed by atoms with E-state index in [1.807, 2.05) is 139 Å². The molecule has 24 nitrogen and oxygen atoms in total. The molecule has 0 saturated carbocycles. The standard InChI is InChI=1S/2C35H30N2O4S.C16H17N2O7S3.3C2H6.2Na.O3S/c2*1-21-9-7-10-22(2)34(21)36-25-15-17-27-30(19-25)41-31-20-26(37-35-23(3)11-8-12-24(35)4)16-18-28(31)33(27)29-13-5-6-14-32(29)42(38,39)40;1-25-26(19)17-15-10-7-13(16(11-15)28(22,23)24)6-3-12-4-8-14(9-5-12)18-27(2,20)21;3*1-2;;;1-4(2)3/h2*5-20,36H,1-4H3,(H,38,39,40);3-4,6-11,17-18H,1-2H3,(H,22,23,24);3*1-2H3;;;/q;;-1;;;;2*+1;/p+1. The van der Waals surface area contributed by atoms with Gasteiger partial charge >= 0.3 is 69.7 Å². The van der Waals surface area contributed by atoms with Crippen LogP contribution < -0.4 is 99.9 Å². The van der Waals surface area contributed by atoms with Gasteiger partial charge in [-0.2, -0.15) is 22.4 Å². The van der Waals surface area contributed by atoms with Crippen LogP contribution in [-0.4, -0.2) is 77.5 Å². The fourth-order valence-corrected chi connectivity index (χ4v) is 16.2. The third-order valence-corrected chi connectivity index (χ3v) is 22.6. The second-order valence-corrected chi connectivity index (χ2v) is 34.3. The van der Waals surface area contributed by atoms with E-state index >= 15 is 0 Å². The molecule has 0 saturated heterocycles. The zero-order valence-electron chi connectivity index (χ0n) is 72.0. The maximum atomic E-state index is 12.5. The molecule has 1 unspecified atom stereocenters. The molecule has 10 aromatic rings. The van der Waals surface area contributed by atoms with Crippen molar-refractivity contribution in [1.29, 1.82) is 0 Å². The normalized spacial score (nSPS) is 11.7. The summed E-state index contributed by atoms with van der Waals surface area (Å²) in [5.74, 6) is 1.14. The molecule has 4 aliphatic rings. The van der Waals surface area contributed by atoms with Gasteiger partial charge in [-0.3, -0.25) is 18.0 Å². The van der Waals surface area contributed by atoms with Gasteiger partial charge in [-0.25, -0.2) is 31.0 Å². The SMILES string of the molecule is CC.CC.CC.COS(=O)Nc1ccc(C=Cc2[c-]cc(NS(C)(=O)=O)cc2)c(S(=O)(=O)[O-])c1.Cc1cccc(C)c1Nc1ccc2c(-c3ccccc3S(=O)(=O)O)c3ccc(=[NH+]c4c(C)cccc4C)cc-3oc2c1.Cc1cccc(C)c1Nc1ccc2c(-c3ccccc3S(=O)(=O)O)c3ccc(=[NH+]c4c(C)cccc4C)cc-3oc2c1.O=S(=O)=O.[Na+].[Na+]. The van der Waals surface area contributed by atoms with E-state index in [2.05, 4.69) is 144 Å². The number of benzene rings is 12. The molecule has 0 radical (unpaired) electrons. The Morgan fingerprint density at radius 2 is 0.798 bits per heavy atom. The number of hydrogen-bond donors (Lipinski definition) is 8. The summed E-state index contributed by atoms with van der Waals surface area (Å²) in [6, 6.07) is 71.9. The van der Waals surface area contributed by atoms with Gasteiger partial charge in [-0.15, -0.1) is 43.0 Å². The first kappa shape index (κ1) is 103. The van der Waals surface area contributed by atoms with Crippen molar-refractivity contribution in [3.05, 3.63) is 303 Å². The fourth-order valence-electron chi connectivity index (χ4n) is 13.2. The minimum absolute atomic E-state index is 0. The van der Waals surface area contributed by atoms with Crippen LogP contribution in [0.25, 0.3) is 79.0 Å². The summed E-state index contributed by atoms with van der Waals surface area (Å²) >= 11 is -1.88. The van der Waals surface area contributed by atoms with Gasteiger partial charge in [-0.1, -0.05) is 163 Å². The minimum atomic E-state index is -4.80. The van der Waals surface area contributed by atoms with Crippen LogP contribution >= 0.6 is 0 Å². The average molecular weight is 1810 g/mol. The third-order valence-electron chi connectivity index (χ3n) is 18.5. The predicted molar refractivity (Wildman–Crippen MR) is 484 cm³/mol. The summed E-state index contributed by atoms with van der Waals surface area (Å²) in [7, 11) is -19.1. The maximum Gasteiger partial charge on any atom is 1.00 e. The Kier molecular flexibility index (Phi) is 38.3. The summed E-state index contributed by atoms with van der Waals surface area (Å²) in [5, 5.41) is 10.2. The van der Waals surface area contributed by atoms with E-state index < -0.39 is 67.1 Å². The van der Waals surface area contributed by atoms with Gasteiger partial charge < -0.3 is 28.7 Å². The van der Waals surface area contributed by atoms with Crippen molar-refractivity contribution in [2.24, 2.45) is 0 Å². The van der Waals surface area contributed by atoms with Gasteiger partial charge in [0.2, 0.25) is 32.1 Å². The second kappa shape index (κ2) is 46.2. The smallest absolute Gasteiger partial charge is 0.744 e. The molecular weight excluding hydrogens is 1720 g/mol. The molecule has 0 bridgehead atoms. The van der Waals surface area contributed by atoms with Gasteiger partial charge in [0.1, 0.15) is 42.6 Å². The summed E-state index contributed by atoms with van der Waals surface area (Å²) in [6.07, 6.45) is 3.93. The molecule has 2 heterocycles. The molecule has 638 valence electrons. The predicted octanol–water partition coefficient (Wildman–Crippen LogP) is 11.1. The molecule has 0 fully saturated rings. The Morgan fingerprint density at radius 1 is 0.427 bits per heavy atom. The Bertz CT molecular complexity index is 6540. The van der Waals surface area contributed by atoms with Crippen molar-refractivity contribution < 1.29 is 146 Å². The van der Waals surface area contributed by atoms with Crippen LogP contribution in [0, 0.1) is 61.5 Å². The van der Waals surface area contributed by atoms with Crippen LogP contribution in [0.1, 0.15) is 97.2 Å². The van der Waals surface area contributed by atoms with E-state index in [-0.39, 0.29) is 80.2 Å². The Hall–Kier alpha value is -10.1. The Labute approximate surface area is 773 Å². The van der Waals surface area contributed by atoms with Crippen LogP contribution in [0.3, 0.4) is 0 Å². The number of hydrogen-bond acceptors (Lipinski definition) is 18. The average Bonchev–Trinajstić information content (AvgIpc) is 0.746. The first-order valence-electron chi connectivity index (χ1n) is 38.3. The summed E-state index contributed by atoms with van der Waals surface area (Å²) in [5.41, 5.74) is 20.5. The number of sulfonamides is 1. The molecule has 0 spiro atoms. The Morgan fingerprint density at radius 3 is 1.15 bits per heavy atom. The van der Waals surface area contributed by atoms with Gasteiger partial charge in [0, 0.05) is 119 Å². The summed E-state index contributed by atoms with van der Waals surface area (Å²) in [4.78, 5) is 6.23. The van der Waals surface area contributed by atoms with Crippen LogP contribution in [0.4, 0.5) is 45.5 Å². The van der Waals surface area contributed by atoms with Gasteiger partial charge in [0.25, 0.3) is 31.5 Å². The molecule has 2 aliphatic carbocycles. The van der Waals surface area contributed by atoms with E-state index in [1.54, 1.807) is 42.5 Å². The van der Waals surface area contributed by atoms with Crippen LogP contribution in [0.5, 0.6) is 0 Å². The van der Waals surface area contributed by atoms with E-state index in [4.69, 9.17) is 21.5 Å². The molecule has 0 aromatic heterocycles. The fraction of sp³-hybridized carbons (Fsp3) is 0.174. The van der Waals surface area contributed by atoms with Gasteiger partial charge in [0.15, 0.2) is 0 Å². The molecule has 0 amide bonds. The molecule has 10 aromatic carbocycles. The van der Waals surface area contributed by atoms with Crippen LogP contribution in [-0.2, 0) is 66.4 Å². The van der Waals surface area contributed by atoms with Crippen molar-refractivity contribution in [2.45, 2.75) is 112 Å². The van der Waals surface area contributed by atoms with Crippen molar-refractivity contribution >= 4 is 142 Å². The monoisotopic (exact) mass is 1810 g/mol. The third kappa shape index (κ3) is 27.2. The molecule has 2 aliphatic heterocycles. The minimum Gasteiger partial charge on any atom is -0.744 e. The number of nitrogens with one attached hydrogen (secondary N) is 6. The van der Waals surface area contributed by atoms with Crippen molar-refractivity contribution in [3.8, 4) is 44.9 Å². The number of anilines is 6.